The van der Waals surface area contributed by atoms with Gasteiger partial charge >= 0.3 is 0 Å². The van der Waals surface area contributed by atoms with Gasteiger partial charge in [-0.25, -0.2) is 0 Å². The van der Waals surface area contributed by atoms with Crippen LogP contribution in [0, 0.1) is 0 Å². The van der Waals surface area contributed by atoms with E-state index in [1.807, 2.05) is 12.1 Å². The highest BCUT2D eigenvalue weighted by Gasteiger charge is 2.32. The number of aromatic amines is 1. The number of rotatable bonds is 0. The van der Waals surface area contributed by atoms with Gasteiger partial charge in [-0.2, -0.15) is 0 Å². The first-order valence-corrected chi connectivity index (χ1v) is 7.35. The summed E-state index contributed by atoms with van der Waals surface area (Å²) in [7, 11) is 0. The second kappa shape index (κ2) is 3.28. The van der Waals surface area contributed by atoms with E-state index in [0.717, 1.165) is 41.3 Å². The zero-order chi connectivity index (χ0) is 11.7. The summed E-state index contributed by atoms with van der Waals surface area (Å²) in [6.45, 7) is 0. The summed E-state index contributed by atoms with van der Waals surface area (Å²) in [4.78, 5) is 3.40. The van der Waals surface area contributed by atoms with Gasteiger partial charge in [0.1, 0.15) is 0 Å². The van der Waals surface area contributed by atoms with Crippen molar-refractivity contribution in [3.05, 3.63) is 31.6 Å². The maximum absolute atomic E-state index is 5.51. The van der Waals surface area contributed by atoms with Crippen LogP contribution in [0.25, 0.3) is 21.8 Å². The summed E-state index contributed by atoms with van der Waals surface area (Å²) in [6.07, 6.45) is 0. The second-order valence-electron chi connectivity index (χ2n) is 3.93. The molecule has 0 atom stereocenters. The molecule has 1 aliphatic heterocycles. The Morgan fingerprint density at radius 2 is 1.76 bits per heavy atom. The molecular weight excluding hydrogens is 414 g/mol. The number of hydrogen-bond donors (Lipinski definition) is 1. The minimum atomic E-state index is 0.923. The highest BCUT2D eigenvalue weighted by molar-refractivity contribution is 9.13. The zero-order valence-electron chi connectivity index (χ0n) is 8.27. The van der Waals surface area contributed by atoms with Crippen LogP contribution in [-0.2, 0) is 0 Å². The summed E-state index contributed by atoms with van der Waals surface area (Å²) in [5, 5.41) is 2.32. The Morgan fingerprint density at radius 1 is 0.941 bits per heavy atom. The van der Waals surface area contributed by atoms with Crippen molar-refractivity contribution in [1.29, 1.82) is 0 Å². The topological polar surface area (TPSA) is 28.3 Å². The van der Waals surface area contributed by atoms with Gasteiger partial charge in [0.05, 0.1) is 9.99 Å². The predicted molar refractivity (Wildman–Crippen MR) is 79.0 cm³/mol. The Hall–Kier alpha value is -0.520. The minimum absolute atomic E-state index is 0.923. The van der Waals surface area contributed by atoms with Gasteiger partial charge in [0.25, 0.3) is 0 Å². The van der Waals surface area contributed by atoms with E-state index in [1.54, 1.807) is 0 Å². The van der Waals surface area contributed by atoms with Crippen molar-refractivity contribution in [3.8, 4) is 11.5 Å². The first-order valence-electron chi connectivity index (χ1n) is 4.97. The molecule has 17 heavy (non-hydrogen) atoms. The van der Waals surface area contributed by atoms with Crippen molar-refractivity contribution in [2.45, 2.75) is 0 Å². The lowest BCUT2D eigenvalue weighted by Crippen LogP contribution is -1.71. The molecule has 0 unspecified atom stereocenters. The van der Waals surface area contributed by atoms with E-state index in [0.29, 0.717) is 0 Å². The van der Waals surface area contributed by atoms with Crippen molar-refractivity contribution in [1.82, 2.24) is 4.98 Å². The van der Waals surface area contributed by atoms with Crippen LogP contribution < -0.4 is 4.74 Å². The van der Waals surface area contributed by atoms with Crippen LogP contribution in [0.1, 0.15) is 0 Å². The lowest BCUT2D eigenvalue weighted by molar-refractivity contribution is 0.650. The maximum Gasteiger partial charge on any atom is 0.195 e. The van der Waals surface area contributed by atoms with Crippen LogP contribution in [0.4, 0.5) is 0 Å². The molecule has 0 spiro atoms. The largest absolute Gasteiger partial charge is 0.446 e. The molecule has 0 amide bonds. The Labute approximate surface area is 122 Å². The van der Waals surface area contributed by atoms with Gasteiger partial charge in [0.2, 0.25) is 0 Å². The molecule has 2 heterocycles. The SMILES string of the molecule is Brc1c2c(c3[nH]c4cccc(Br)c4c3c1Br)O2. The van der Waals surface area contributed by atoms with E-state index in [1.165, 1.54) is 5.39 Å². The number of fused-ring (bicyclic) bond motifs is 5. The quantitative estimate of drug-likeness (QED) is 0.364. The van der Waals surface area contributed by atoms with Crippen molar-refractivity contribution < 1.29 is 4.74 Å². The third kappa shape index (κ3) is 1.25. The van der Waals surface area contributed by atoms with E-state index >= 15 is 0 Å². The van der Waals surface area contributed by atoms with Gasteiger partial charge in [0.15, 0.2) is 11.5 Å². The van der Waals surface area contributed by atoms with Gasteiger partial charge in [-0.3, -0.25) is 0 Å². The number of halogens is 3. The summed E-state index contributed by atoms with van der Waals surface area (Å²) in [5.41, 5.74) is 2.16. The van der Waals surface area contributed by atoms with Gasteiger partial charge in [0, 0.05) is 25.2 Å². The summed E-state index contributed by atoms with van der Waals surface area (Å²) in [5.74, 6) is 1.87. The average Bonchev–Trinajstić information content (AvgIpc) is 3.01. The number of benzene rings is 2. The number of hydrogen-bond acceptors (Lipinski definition) is 1. The molecule has 84 valence electrons. The molecule has 1 aliphatic rings. The van der Waals surface area contributed by atoms with E-state index in [2.05, 4.69) is 58.8 Å². The normalized spacial score (nSPS) is 12.9. The second-order valence-corrected chi connectivity index (χ2v) is 6.37. The third-order valence-corrected chi connectivity index (χ3v) is 5.72. The van der Waals surface area contributed by atoms with E-state index in [-0.39, 0.29) is 0 Å². The van der Waals surface area contributed by atoms with Crippen molar-refractivity contribution in [2.75, 3.05) is 0 Å². The molecule has 2 aromatic carbocycles. The Morgan fingerprint density at radius 3 is 2.59 bits per heavy atom. The number of aromatic nitrogens is 1. The van der Waals surface area contributed by atoms with E-state index in [4.69, 9.17) is 4.74 Å². The molecule has 4 rings (SSSR count). The fourth-order valence-electron chi connectivity index (χ4n) is 2.19. The molecule has 1 N–H and O–H groups in total. The fraction of sp³-hybridized carbons (Fsp3) is 0. The molecule has 2 nitrogen and oxygen atoms in total. The lowest BCUT2D eigenvalue weighted by Gasteiger charge is -1.97. The molecule has 1 aromatic heterocycles. The summed E-state index contributed by atoms with van der Waals surface area (Å²) < 4.78 is 8.60. The molecule has 0 radical (unpaired) electrons. The first kappa shape index (κ1) is 10.4. The smallest absolute Gasteiger partial charge is 0.195 e. The standard InChI is InChI=1S/C12H4Br3NO/c13-4-2-1-3-5-6(4)7-8(14)9(15)11-12(17-11)10(7)16-5/h1-3,16H. The molecule has 0 fully saturated rings. The molecule has 0 saturated carbocycles. The Balaban J connectivity index is 2.37. The van der Waals surface area contributed by atoms with Gasteiger partial charge < -0.3 is 9.72 Å². The maximum atomic E-state index is 5.51. The number of H-pyrrole nitrogens is 1. The highest BCUT2D eigenvalue weighted by Crippen LogP contribution is 2.59. The molecule has 5 heteroatoms. The van der Waals surface area contributed by atoms with Crippen molar-refractivity contribution in [3.63, 3.8) is 0 Å². The van der Waals surface area contributed by atoms with Crippen molar-refractivity contribution in [2.24, 2.45) is 0 Å². The molecule has 0 aliphatic carbocycles. The van der Waals surface area contributed by atoms with Crippen molar-refractivity contribution >= 4 is 69.6 Å². The first-order chi connectivity index (χ1) is 8.18. The average molecular weight is 418 g/mol. The van der Waals surface area contributed by atoms with Crippen LogP contribution in [0.2, 0.25) is 0 Å². The monoisotopic (exact) mass is 415 g/mol. The van der Waals surface area contributed by atoms with Crippen LogP contribution in [0.5, 0.6) is 11.5 Å². The lowest BCUT2D eigenvalue weighted by atomic mass is 10.1. The molecular formula is C12H4Br3NO. The molecule has 0 bridgehead atoms. The van der Waals surface area contributed by atoms with Gasteiger partial charge in [-0.1, -0.05) is 22.0 Å². The molecule has 3 aromatic rings. The Kier molecular flexibility index (Phi) is 2.00. The number of nitrogens with one attached hydrogen (secondary N) is 1. The molecule has 0 saturated heterocycles. The van der Waals surface area contributed by atoms with Crippen LogP contribution in [0.3, 0.4) is 0 Å². The fourth-order valence-corrected chi connectivity index (χ4v) is 3.79. The third-order valence-electron chi connectivity index (χ3n) is 2.98. The van der Waals surface area contributed by atoms with Gasteiger partial charge in [-0.05, 0) is 44.0 Å². The van der Waals surface area contributed by atoms with E-state index in [9.17, 15) is 0 Å². The summed E-state index contributed by atoms with van der Waals surface area (Å²) >= 11 is 10.8. The van der Waals surface area contributed by atoms with Crippen LogP contribution in [-0.4, -0.2) is 4.98 Å². The minimum Gasteiger partial charge on any atom is -0.446 e. The highest BCUT2D eigenvalue weighted by atomic mass is 79.9. The van der Waals surface area contributed by atoms with Crippen LogP contribution >= 0.6 is 47.8 Å². The zero-order valence-corrected chi connectivity index (χ0v) is 13.0. The van der Waals surface area contributed by atoms with Gasteiger partial charge in [-0.15, -0.1) is 0 Å². The van der Waals surface area contributed by atoms with E-state index < -0.39 is 0 Å². The number of ether oxygens (including phenoxy) is 1. The van der Waals surface area contributed by atoms with Crippen LogP contribution in [0.15, 0.2) is 31.6 Å². The summed E-state index contributed by atoms with van der Waals surface area (Å²) in [6, 6.07) is 6.13. The predicted octanol–water partition coefficient (Wildman–Crippen LogP) is 5.71. The Bertz CT molecular complexity index is 807.